The van der Waals surface area contributed by atoms with Gasteiger partial charge in [-0.2, -0.15) is 11.8 Å². The van der Waals surface area contributed by atoms with E-state index in [9.17, 15) is 4.79 Å². The highest BCUT2D eigenvalue weighted by molar-refractivity contribution is 8.00. The fourth-order valence-corrected chi connectivity index (χ4v) is 3.85. The molecular weight excluding hydrogens is 240 g/mol. The van der Waals surface area contributed by atoms with Crippen LogP contribution in [0.15, 0.2) is 0 Å². The Labute approximate surface area is 104 Å². The summed E-state index contributed by atoms with van der Waals surface area (Å²) in [5.41, 5.74) is 0.873. The number of nitrogens with zero attached hydrogens (tertiary/aromatic N) is 2. The Morgan fingerprint density at radius 1 is 1.56 bits per heavy atom. The molecule has 1 aliphatic rings. The molecule has 0 spiro atoms. The van der Waals surface area contributed by atoms with Crippen LogP contribution in [0.4, 0.5) is 5.13 Å². The number of ketones is 1. The minimum absolute atomic E-state index is 0.126. The van der Waals surface area contributed by atoms with Crippen molar-refractivity contribution in [3.8, 4) is 0 Å². The van der Waals surface area contributed by atoms with Crippen molar-refractivity contribution in [1.82, 2.24) is 4.98 Å². The fraction of sp³-hybridized carbons (Fsp3) is 0.636. The normalized spacial score (nSPS) is 21.2. The van der Waals surface area contributed by atoms with Gasteiger partial charge in [-0.15, -0.1) is 0 Å². The van der Waals surface area contributed by atoms with Crippen molar-refractivity contribution in [3.05, 3.63) is 10.6 Å². The first-order valence-corrected chi connectivity index (χ1v) is 7.29. The lowest BCUT2D eigenvalue weighted by molar-refractivity contribution is 0.102. The van der Waals surface area contributed by atoms with Gasteiger partial charge in [-0.25, -0.2) is 4.98 Å². The zero-order valence-corrected chi connectivity index (χ0v) is 11.5. The van der Waals surface area contributed by atoms with E-state index in [-0.39, 0.29) is 5.78 Å². The first kappa shape index (κ1) is 11.9. The van der Waals surface area contributed by atoms with Crippen LogP contribution in [0.2, 0.25) is 0 Å². The Morgan fingerprint density at radius 3 is 2.88 bits per heavy atom. The van der Waals surface area contributed by atoms with E-state index in [1.54, 1.807) is 6.92 Å². The predicted molar refractivity (Wildman–Crippen MR) is 71.0 cm³/mol. The lowest BCUT2D eigenvalue weighted by atomic mass is 10.3. The topological polar surface area (TPSA) is 33.2 Å². The summed E-state index contributed by atoms with van der Waals surface area (Å²) in [6.07, 6.45) is 0. The molecule has 2 heterocycles. The van der Waals surface area contributed by atoms with Crippen LogP contribution in [0.25, 0.3) is 0 Å². The summed E-state index contributed by atoms with van der Waals surface area (Å²) in [5.74, 6) is 1.27. The Bertz CT molecular complexity index is 403. The number of aromatic nitrogens is 1. The lowest BCUT2D eigenvalue weighted by Gasteiger charge is -2.30. The van der Waals surface area contributed by atoms with Gasteiger partial charge in [-0.05, 0) is 6.92 Å². The van der Waals surface area contributed by atoms with Crippen LogP contribution in [0, 0.1) is 6.92 Å². The van der Waals surface area contributed by atoms with Gasteiger partial charge in [0, 0.05) is 31.0 Å². The molecule has 88 valence electrons. The second-order valence-electron chi connectivity index (χ2n) is 4.09. The highest BCUT2D eigenvalue weighted by Gasteiger charge is 2.21. The molecule has 1 saturated heterocycles. The van der Waals surface area contributed by atoms with Crippen LogP contribution < -0.4 is 4.90 Å². The number of carbonyl (C=O) groups is 1. The Morgan fingerprint density at radius 2 is 2.31 bits per heavy atom. The molecule has 0 N–H and O–H groups in total. The zero-order valence-electron chi connectivity index (χ0n) is 9.82. The summed E-state index contributed by atoms with van der Waals surface area (Å²) >= 11 is 3.53. The van der Waals surface area contributed by atoms with Crippen molar-refractivity contribution in [2.45, 2.75) is 26.0 Å². The molecule has 0 aromatic carbocycles. The van der Waals surface area contributed by atoms with Crippen LogP contribution >= 0.6 is 23.1 Å². The summed E-state index contributed by atoms with van der Waals surface area (Å²) in [4.78, 5) is 19.0. The SMILES string of the molecule is CC(=O)c1sc(N2CCSC(C)C2)nc1C. The molecule has 2 rings (SSSR count). The fourth-order valence-electron chi connectivity index (χ4n) is 1.84. The summed E-state index contributed by atoms with van der Waals surface area (Å²) < 4.78 is 0. The standard InChI is InChI=1S/C11H16N2OS2/c1-7-6-13(4-5-15-7)11-12-8(2)10(16-11)9(3)14/h7H,4-6H2,1-3H3. The number of rotatable bonds is 2. The Balaban J connectivity index is 2.20. The molecule has 5 heteroatoms. The van der Waals surface area contributed by atoms with Gasteiger partial charge < -0.3 is 4.90 Å². The molecule has 3 nitrogen and oxygen atoms in total. The molecule has 0 radical (unpaired) electrons. The molecule has 1 fully saturated rings. The highest BCUT2D eigenvalue weighted by atomic mass is 32.2. The number of thiazole rings is 1. The van der Waals surface area contributed by atoms with Crippen LogP contribution in [-0.2, 0) is 0 Å². The van der Waals surface area contributed by atoms with E-state index in [1.165, 1.54) is 11.3 Å². The van der Waals surface area contributed by atoms with Gasteiger partial charge in [0.1, 0.15) is 0 Å². The van der Waals surface area contributed by atoms with Crippen molar-refractivity contribution in [2.75, 3.05) is 23.7 Å². The summed E-state index contributed by atoms with van der Waals surface area (Å²) in [5, 5.41) is 1.66. The number of hydrogen-bond acceptors (Lipinski definition) is 5. The van der Waals surface area contributed by atoms with Crippen molar-refractivity contribution < 1.29 is 4.79 Å². The average molecular weight is 256 g/mol. The monoisotopic (exact) mass is 256 g/mol. The van der Waals surface area contributed by atoms with E-state index < -0.39 is 0 Å². The maximum atomic E-state index is 11.4. The Hall–Kier alpha value is -0.550. The predicted octanol–water partition coefficient (Wildman–Crippen LogP) is 2.60. The Kier molecular flexibility index (Phi) is 3.54. The second kappa shape index (κ2) is 4.75. The van der Waals surface area contributed by atoms with Crippen LogP contribution in [0.5, 0.6) is 0 Å². The molecular formula is C11H16N2OS2. The smallest absolute Gasteiger partial charge is 0.186 e. The number of aryl methyl sites for hydroxylation is 1. The average Bonchev–Trinajstić information content (AvgIpc) is 2.60. The van der Waals surface area contributed by atoms with Crippen molar-refractivity contribution >= 4 is 34.0 Å². The number of carbonyl (C=O) groups excluding carboxylic acids is 1. The van der Waals surface area contributed by atoms with Crippen LogP contribution in [0.3, 0.4) is 0 Å². The lowest BCUT2D eigenvalue weighted by Crippen LogP contribution is -2.36. The third-order valence-electron chi connectivity index (χ3n) is 2.62. The van der Waals surface area contributed by atoms with Gasteiger partial charge in [0.05, 0.1) is 10.6 Å². The molecule has 16 heavy (non-hydrogen) atoms. The highest BCUT2D eigenvalue weighted by Crippen LogP contribution is 2.29. The van der Waals surface area contributed by atoms with Gasteiger partial charge >= 0.3 is 0 Å². The second-order valence-corrected chi connectivity index (χ2v) is 6.62. The van der Waals surface area contributed by atoms with Gasteiger partial charge in [-0.3, -0.25) is 4.79 Å². The van der Waals surface area contributed by atoms with Crippen LogP contribution in [-0.4, -0.2) is 34.9 Å². The van der Waals surface area contributed by atoms with Crippen molar-refractivity contribution in [3.63, 3.8) is 0 Å². The van der Waals surface area contributed by atoms with E-state index in [2.05, 4.69) is 16.8 Å². The van der Waals surface area contributed by atoms with E-state index in [1.807, 2.05) is 18.7 Å². The van der Waals surface area contributed by atoms with E-state index >= 15 is 0 Å². The van der Waals surface area contributed by atoms with E-state index in [0.717, 1.165) is 34.5 Å². The number of thioether (sulfide) groups is 1. The van der Waals surface area contributed by atoms with E-state index in [0.29, 0.717) is 5.25 Å². The summed E-state index contributed by atoms with van der Waals surface area (Å²) in [7, 11) is 0. The molecule has 0 amide bonds. The van der Waals surface area contributed by atoms with Crippen molar-refractivity contribution in [2.24, 2.45) is 0 Å². The number of Topliss-reactive ketones (excluding diaryl/α,β-unsaturated/α-hetero) is 1. The third kappa shape index (κ3) is 2.40. The first-order chi connectivity index (χ1) is 7.58. The molecule has 0 saturated carbocycles. The zero-order chi connectivity index (χ0) is 11.7. The summed E-state index contributed by atoms with van der Waals surface area (Å²) in [6.45, 7) is 7.84. The van der Waals surface area contributed by atoms with Gasteiger partial charge in [-0.1, -0.05) is 18.3 Å². The molecule has 1 aromatic rings. The maximum Gasteiger partial charge on any atom is 0.186 e. The molecule has 0 bridgehead atoms. The largest absolute Gasteiger partial charge is 0.346 e. The first-order valence-electron chi connectivity index (χ1n) is 5.43. The van der Waals surface area contributed by atoms with Gasteiger partial charge in [0.15, 0.2) is 10.9 Å². The molecule has 1 aliphatic heterocycles. The number of hydrogen-bond donors (Lipinski definition) is 0. The molecule has 1 aromatic heterocycles. The van der Waals surface area contributed by atoms with Crippen molar-refractivity contribution in [1.29, 1.82) is 0 Å². The minimum Gasteiger partial charge on any atom is -0.346 e. The molecule has 1 unspecified atom stereocenters. The molecule has 0 aliphatic carbocycles. The van der Waals surface area contributed by atoms with Crippen LogP contribution in [0.1, 0.15) is 29.2 Å². The minimum atomic E-state index is 0.126. The third-order valence-corrected chi connectivity index (χ3v) is 5.07. The van der Waals surface area contributed by atoms with Gasteiger partial charge in [0.2, 0.25) is 0 Å². The maximum absolute atomic E-state index is 11.4. The van der Waals surface area contributed by atoms with Gasteiger partial charge in [0.25, 0.3) is 0 Å². The quantitative estimate of drug-likeness (QED) is 0.762. The number of anilines is 1. The summed E-state index contributed by atoms with van der Waals surface area (Å²) in [6, 6.07) is 0. The molecule has 1 atom stereocenters. The van der Waals surface area contributed by atoms with E-state index in [4.69, 9.17) is 0 Å².